The molecular weight excluding hydrogens is 416 g/mol. The predicted molar refractivity (Wildman–Crippen MR) is 116 cm³/mol. The first-order valence-electron chi connectivity index (χ1n) is 10.0. The highest BCUT2D eigenvalue weighted by Crippen LogP contribution is 2.29. The van der Waals surface area contributed by atoms with Crippen LogP contribution in [0, 0.1) is 0 Å². The standard InChI is InChI=1S/C22H22N4O4S/c1-28-14-6-4-13(5-7-14)21(27)24-16-11-29-20-17(12-30-19(16)20)26-22-23-9-8-15(25-22)18-3-2-10-31-18/h2-10,16-17,19-20H,11-12H2,1H3,(H,24,27)(H,23,25,26)/t16-,17+,19-,20+/m1/s1. The monoisotopic (exact) mass is 438 g/mol. The molecule has 0 spiro atoms. The molecule has 8 nitrogen and oxygen atoms in total. The van der Waals surface area contributed by atoms with Gasteiger partial charge in [0.2, 0.25) is 5.95 Å². The molecule has 2 aromatic heterocycles. The average molecular weight is 439 g/mol. The third-order valence-corrected chi connectivity index (χ3v) is 6.36. The number of anilines is 1. The molecule has 160 valence electrons. The fourth-order valence-corrected chi connectivity index (χ4v) is 4.59. The van der Waals surface area contributed by atoms with Gasteiger partial charge in [0.25, 0.3) is 5.91 Å². The summed E-state index contributed by atoms with van der Waals surface area (Å²) in [7, 11) is 1.59. The van der Waals surface area contributed by atoms with Gasteiger partial charge in [-0.05, 0) is 41.8 Å². The zero-order valence-electron chi connectivity index (χ0n) is 16.9. The fourth-order valence-electron chi connectivity index (χ4n) is 3.90. The number of fused-ring (bicyclic) bond motifs is 1. The number of hydrogen-bond acceptors (Lipinski definition) is 8. The molecule has 1 amide bonds. The average Bonchev–Trinajstić information content (AvgIpc) is 3.55. The summed E-state index contributed by atoms with van der Waals surface area (Å²) in [6.07, 6.45) is 1.33. The number of carbonyl (C=O) groups excluding carboxylic acids is 1. The van der Waals surface area contributed by atoms with Crippen LogP contribution in [-0.4, -0.2) is 60.5 Å². The van der Waals surface area contributed by atoms with Gasteiger partial charge in [0.05, 0.1) is 43.0 Å². The Bertz CT molecular complexity index is 1040. The Morgan fingerprint density at radius 2 is 1.87 bits per heavy atom. The maximum Gasteiger partial charge on any atom is 0.251 e. The number of benzene rings is 1. The van der Waals surface area contributed by atoms with Gasteiger partial charge in [0.15, 0.2) is 0 Å². The molecule has 1 aromatic carbocycles. The number of carbonyl (C=O) groups is 1. The van der Waals surface area contributed by atoms with E-state index < -0.39 is 0 Å². The molecule has 2 saturated heterocycles. The molecule has 2 aliphatic heterocycles. The predicted octanol–water partition coefficient (Wildman–Crippen LogP) is 2.59. The minimum atomic E-state index is -0.222. The lowest BCUT2D eigenvalue weighted by molar-refractivity contribution is 0.0652. The van der Waals surface area contributed by atoms with E-state index in [0.29, 0.717) is 30.5 Å². The van der Waals surface area contributed by atoms with Crippen molar-refractivity contribution >= 4 is 23.2 Å². The number of aromatic nitrogens is 2. The lowest BCUT2D eigenvalue weighted by Gasteiger charge is -2.18. The Morgan fingerprint density at radius 3 is 2.61 bits per heavy atom. The van der Waals surface area contributed by atoms with E-state index in [0.717, 1.165) is 10.6 Å². The van der Waals surface area contributed by atoms with Crippen molar-refractivity contribution in [1.29, 1.82) is 0 Å². The van der Waals surface area contributed by atoms with Gasteiger partial charge in [0, 0.05) is 11.8 Å². The molecule has 0 unspecified atom stereocenters. The van der Waals surface area contributed by atoms with Gasteiger partial charge in [0.1, 0.15) is 18.0 Å². The number of methoxy groups -OCH3 is 1. The van der Waals surface area contributed by atoms with Crippen molar-refractivity contribution < 1.29 is 19.0 Å². The van der Waals surface area contributed by atoms with Crippen LogP contribution >= 0.6 is 11.3 Å². The van der Waals surface area contributed by atoms with E-state index in [4.69, 9.17) is 14.2 Å². The van der Waals surface area contributed by atoms with E-state index in [2.05, 4.69) is 20.6 Å². The zero-order chi connectivity index (χ0) is 21.2. The van der Waals surface area contributed by atoms with E-state index in [1.165, 1.54) is 0 Å². The highest BCUT2D eigenvalue weighted by molar-refractivity contribution is 7.13. The van der Waals surface area contributed by atoms with Crippen LogP contribution in [0.15, 0.2) is 54.0 Å². The van der Waals surface area contributed by atoms with Gasteiger partial charge in [-0.2, -0.15) is 0 Å². The second-order valence-electron chi connectivity index (χ2n) is 7.40. The number of ether oxygens (including phenoxy) is 3. The van der Waals surface area contributed by atoms with E-state index in [1.807, 2.05) is 23.6 Å². The third-order valence-electron chi connectivity index (χ3n) is 5.47. The van der Waals surface area contributed by atoms with Crippen molar-refractivity contribution in [2.75, 3.05) is 25.6 Å². The molecule has 3 aromatic rings. The van der Waals surface area contributed by atoms with Crippen LogP contribution in [0.3, 0.4) is 0 Å². The van der Waals surface area contributed by atoms with Crippen LogP contribution in [0.5, 0.6) is 5.75 Å². The van der Waals surface area contributed by atoms with Crippen molar-refractivity contribution in [1.82, 2.24) is 15.3 Å². The van der Waals surface area contributed by atoms with E-state index >= 15 is 0 Å². The number of nitrogens with one attached hydrogen (secondary N) is 2. The second kappa shape index (κ2) is 8.62. The van der Waals surface area contributed by atoms with Gasteiger partial charge < -0.3 is 24.8 Å². The van der Waals surface area contributed by atoms with Crippen LogP contribution < -0.4 is 15.4 Å². The first-order chi connectivity index (χ1) is 15.2. The second-order valence-corrected chi connectivity index (χ2v) is 8.35. The summed E-state index contributed by atoms with van der Waals surface area (Å²) in [6.45, 7) is 0.850. The van der Waals surface area contributed by atoms with E-state index in [1.54, 1.807) is 48.9 Å². The van der Waals surface area contributed by atoms with Gasteiger partial charge >= 0.3 is 0 Å². The van der Waals surface area contributed by atoms with E-state index in [-0.39, 0.29) is 30.2 Å². The summed E-state index contributed by atoms with van der Waals surface area (Å²) in [4.78, 5) is 22.7. The molecule has 5 rings (SSSR count). The maximum atomic E-state index is 12.6. The first-order valence-corrected chi connectivity index (χ1v) is 10.9. The summed E-state index contributed by atoms with van der Waals surface area (Å²) in [6, 6.07) is 12.6. The number of nitrogens with zero attached hydrogens (tertiary/aromatic N) is 2. The number of hydrogen-bond donors (Lipinski definition) is 2. The molecule has 4 atom stereocenters. The molecule has 0 bridgehead atoms. The van der Waals surface area contributed by atoms with Crippen LogP contribution in [0.25, 0.3) is 10.6 Å². The molecule has 9 heteroatoms. The smallest absolute Gasteiger partial charge is 0.251 e. The molecular formula is C22H22N4O4S. The molecule has 0 aliphatic carbocycles. The normalized spacial score (nSPS) is 24.5. The number of amides is 1. The lowest BCUT2D eigenvalue weighted by Crippen LogP contribution is -2.44. The molecule has 0 saturated carbocycles. The molecule has 0 radical (unpaired) electrons. The Labute approximate surface area is 183 Å². The minimum absolute atomic E-state index is 0.0912. The van der Waals surface area contributed by atoms with Crippen LogP contribution in [-0.2, 0) is 9.47 Å². The Kier molecular flexibility index (Phi) is 5.54. The quantitative estimate of drug-likeness (QED) is 0.611. The SMILES string of the molecule is COc1ccc(C(=O)N[C@@H]2CO[C@@H]3[C@@H]2OC[C@@H]3Nc2nccc(-c3cccs3)n2)cc1. The molecule has 4 heterocycles. The highest BCUT2D eigenvalue weighted by Gasteiger charge is 2.48. The number of thiophene rings is 1. The van der Waals surface area contributed by atoms with Crippen LogP contribution in [0.4, 0.5) is 5.95 Å². The zero-order valence-corrected chi connectivity index (χ0v) is 17.7. The summed E-state index contributed by atoms with van der Waals surface area (Å²) in [5.74, 6) is 1.08. The van der Waals surface area contributed by atoms with Gasteiger partial charge in [-0.3, -0.25) is 4.79 Å². The molecule has 2 fully saturated rings. The van der Waals surface area contributed by atoms with Gasteiger partial charge in [-0.15, -0.1) is 11.3 Å². The Balaban J connectivity index is 1.22. The Morgan fingerprint density at radius 1 is 1.10 bits per heavy atom. The molecule has 31 heavy (non-hydrogen) atoms. The Hall–Kier alpha value is -3.01. The third kappa shape index (κ3) is 4.12. The highest BCUT2D eigenvalue weighted by atomic mass is 32.1. The molecule has 2 N–H and O–H groups in total. The van der Waals surface area contributed by atoms with Crippen molar-refractivity contribution in [2.24, 2.45) is 0 Å². The maximum absolute atomic E-state index is 12.6. The van der Waals surface area contributed by atoms with Crippen LogP contribution in [0.1, 0.15) is 10.4 Å². The summed E-state index contributed by atoms with van der Waals surface area (Å²) in [5, 5.41) is 8.39. The van der Waals surface area contributed by atoms with Crippen molar-refractivity contribution in [2.45, 2.75) is 24.3 Å². The fraction of sp³-hybridized carbons (Fsp3) is 0.318. The van der Waals surface area contributed by atoms with Crippen molar-refractivity contribution in [3.05, 3.63) is 59.6 Å². The van der Waals surface area contributed by atoms with E-state index in [9.17, 15) is 4.79 Å². The van der Waals surface area contributed by atoms with Gasteiger partial charge in [-0.25, -0.2) is 9.97 Å². The first kappa shape index (κ1) is 19.9. The van der Waals surface area contributed by atoms with Gasteiger partial charge in [-0.1, -0.05) is 6.07 Å². The van der Waals surface area contributed by atoms with Crippen molar-refractivity contribution in [3.8, 4) is 16.3 Å². The lowest BCUT2D eigenvalue weighted by atomic mass is 10.1. The summed E-state index contributed by atoms with van der Waals surface area (Å²) in [5.41, 5.74) is 1.44. The topological polar surface area (TPSA) is 94.6 Å². The summed E-state index contributed by atoms with van der Waals surface area (Å²) >= 11 is 1.63. The molecule has 2 aliphatic rings. The summed E-state index contributed by atoms with van der Waals surface area (Å²) < 4.78 is 17.1. The van der Waals surface area contributed by atoms with Crippen molar-refractivity contribution in [3.63, 3.8) is 0 Å². The largest absolute Gasteiger partial charge is 0.497 e. The number of rotatable bonds is 6. The van der Waals surface area contributed by atoms with Crippen LogP contribution in [0.2, 0.25) is 0 Å². The minimum Gasteiger partial charge on any atom is -0.497 e.